The molecule has 0 saturated carbocycles. The molecule has 2 unspecified atom stereocenters. The standard InChI is InChI=1S/C17H26N4O4/c1-4-12-13(15(22)20-19-14(12)5-2)7-18-17(25)21-8-10(3)6-11(9-21)16(23)24/h10-11H,4-9H2,1-3H3,(H,18,25)(H,20,22)(H,23,24). The van der Waals surface area contributed by atoms with Crippen LogP contribution >= 0.6 is 0 Å². The molecule has 2 atom stereocenters. The van der Waals surface area contributed by atoms with Gasteiger partial charge >= 0.3 is 12.0 Å². The molecule has 1 aromatic heterocycles. The Hall–Kier alpha value is -2.38. The van der Waals surface area contributed by atoms with Crippen LogP contribution in [0.2, 0.25) is 0 Å². The second kappa shape index (κ2) is 8.13. The zero-order chi connectivity index (χ0) is 18.6. The van der Waals surface area contributed by atoms with Gasteiger partial charge in [0.15, 0.2) is 0 Å². The van der Waals surface area contributed by atoms with E-state index in [9.17, 15) is 19.5 Å². The van der Waals surface area contributed by atoms with Gasteiger partial charge in [-0.1, -0.05) is 20.8 Å². The average Bonchev–Trinajstić information content (AvgIpc) is 2.59. The van der Waals surface area contributed by atoms with Crippen LogP contribution in [0.5, 0.6) is 0 Å². The Morgan fingerprint density at radius 3 is 2.60 bits per heavy atom. The van der Waals surface area contributed by atoms with Gasteiger partial charge in [-0.25, -0.2) is 9.89 Å². The molecule has 3 N–H and O–H groups in total. The Labute approximate surface area is 146 Å². The van der Waals surface area contributed by atoms with Gasteiger partial charge in [0.25, 0.3) is 5.56 Å². The number of nitrogens with one attached hydrogen (secondary N) is 2. The Balaban J connectivity index is 2.10. The summed E-state index contributed by atoms with van der Waals surface area (Å²) in [6.07, 6.45) is 1.93. The third-order valence-electron chi connectivity index (χ3n) is 4.68. The smallest absolute Gasteiger partial charge is 0.317 e. The van der Waals surface area contributed by atoms with Gasteiger partial charge in [0.1, 0.15) is 0 Å². The van der Waals surface area contributed by atoms with Crippen LogP contribution in [0, 0.1) is 11.8 Å². The average molecular weight is 350 g/mol. The van der Waals surface area contributed by atoms with Crippen LogP contribution in [-0.2, 0) is 24.2 Å². The molecule has 1 fully saturated rings. The first kappa shape index (κ1) is 19.0. The van der Waals surface area contributed by atoms with E-state index in [1.807, 2.05) is 20.8 Å². The first-order valence-corrected chi connectivity index (χ1v) is 8.72. The van der Waals surface area contributed by atoms with E-state index < -0.39 is 11.9 Å². The van der Waals surface area contributed by atoms with Crippen LogP contribution in [0.4, 0.5) is 4.79 Å². The van der Waals surface area contributed by atoms with Gasteiger partial charge in [-0.3, -0.25) is 9.59 Å². The predicted octanol–water partition coefficient (Wildman–Crippen LogP) is 1.15. The van der Waals surface area contributed by atoms with Crippen molar-refractivity contribution >= 4 is 12.0 Å². The first-order chi connectivity index (χ1) is 11.9. The van der Waals surface area contributed by atoms with Crippen molar-refractivity contribution in [3.63, 3.8) is 0 Å². The van der Waals surface area contributed by atoms with Crippen molar-refractivity contribution in [2.75, 3.05) is 13.1 Å². The number of aryl methyl sites for hydroxylation is 1. The number of aromatic nitrogens is 2. The highest BCUT2D eigenvalue weighted by Gasteiger charge is 2.31. The van der Waals surface area contributed by atoms with E-state index in [2.05, 4.69) is 15.5 Å². The van der Waals surface area contributed by atoms with Crippen molar-refractivity contribution in [1.82, 2.24) is 20.4 Å². The first-order valence-electron chi connectivity index (χ1n) is 8.72. The minimum absolute atomic E-state index is 0.107. The molecule has 0 radical (unpaired) electrons. The van der Waals surface area contributed by atoms with Crippen LogP contribution in [0.1, 0.15) is 44.0 Å². The van der Waals surface area contributed by atoms with E-state index in [1.54, 1.807) is 0 Å². The lowest BCUT2D eigenvalue weighted by molar-refractivity contribution is -0.143. The fraction of sp³-hybridized carbons (Fsp3) is 0.647. The zero-order valence-corrected chi connectivity index (χ0v) is 15.0. The zero-order valence-electron chi connectivity index (χ0n) is 15.0. The number of H-pyrrole nitrogens is 1. The van der Waals surface area contributed by atoms with E-state index in [-0.39, 0.29) is 30.6 Å². The van der Waals surface area contributed by atoms with Gasteiger partial charge in [0, 0.05) is 18.7 Å². The number of carbonyl (C=O) groups excluding carboxylic acids is 1. The summed E-state index contributed by atoms with van der Waals surface area (Å²) in [7, 11) is 0. The number of carboxylic acid groups (broad SMARTS) is 1. The van der Waals surface area contributed by atoms with E-state index >= 15 is 0 Å². The Bertz CT molecular complexity index is 700. The van der Waals surface area contributed by atoms with Crippen molar-refractivity contribution in [2.45, 2.75) is 46.6 Å². The number of hydrogen-bond acceptors (Lipinski definition) is 4. The highest BCUT2D eigenvalue weighted by atomic mass is 16.4. The summed E-state index contributed by atoms with van der Waals surface area (Å²) in [6, 6.07) is -0.339. The van der Waals surface area contributed by atoms with E-state index in [0.717, 1.165) is 11.3 Å². The lowest BCUT2D eigenvalue weighted by Crippen LogP contribution is -2.49. The lowest BCUT2D eigenvalue weighted by Gasteiger charge is -2.34. The van der Waals surface area contributed by atoms with Crippen LogP contribution in [0.15, 0.2) is 4.79 Å². The van der Waals surface area contributed by atoms with Crippen molar-refractivity contribution in [3.8, 4) is 0 Å². The summed E-state index contributed by atoms with van der Waals surface area (Å²) in [5.41, 5.74) is 1.90. The highest BCUT2D eigenvalue weighted by Crippen LogP contribution is 2.21. The fourth-order valence-corrected chi connectivity index (χ4v) is 3.43. The van der Waals surface area contributed by atoms with Crippen LogP contribution in [0.3, 0.4) is 0 Å². The summed E-state index contributed by atoms with van der Waals surface area (Å²) in [5.74, 6) is -1.30. The number of aromatic amines is 1. The predicted molar refractivity (Wildman–Crippen MR) is 92.3 cm³/mol. The monoisotopic (exact) mass is 350 g/mol. The SMILES string of the molecule is CCc1n[nH]c(=O)c(CNC(=O)N2CC(C)CC(C(=O)O)C2)c1CC. The molecule has 8 heteroatoms. The molecule has 1 saturated heterocycles. The minimum Gasteiger partial charge on any atom is -0.481 e. The van der Waals surface area contributed by atoms with Crippen molar-refractivity contribution in [2.24, 2.45) is 11.8 Å². The topological polar surface area (TPSA) is 115 Å². The summed E-state index contributed by atoms with van der Waals surface area (Å²) in [4.78, 5) is 37.3. The largest absolute Gasteiger partial charge is 0.481 e. The van der Waals surface area contributed by atoms with Gasteiger partial charge in [-0.15, -0.1) is 0 Å². The number of aliphatic carboxylic acids is 1. The number of amides is 2. The maximum Gasteiger partial charge on any atom is 0.317 e. The number of carboxylic acids is 1. The van der Waals surface area contributed by atoms with Crippen LogP contribution in [-0.4, -0.2) is 45.3 Å². The summed E-state index contributed by atoms with van der Waals surface area (Å²) in [6.45, 7) is 6.66. The maximum absolute atomic E-state index is 12.4. The number of rotatable bonds is 5. The van der Waals surface area contributed by atoms with Gasteiger partial charge < -0.3 is 15.3 Å². The fourth-order valence-electron chi connectivity index (χ4n) is 3.43. The molecule has 0 bridgehead atoms. The number of likely N-dealkylation sites (tertiary alicyclic amines) is 1. The minimum atomic E-state index is -0.879. The number of carbonyl (C=O) groups is 2. The maximum atomic E-state index is 12.4. The number of urea groups is 1. The Morgan fingerprint density at radius 1 is 1.28 bits per heavy atom. The Kier molecular flexibility index (Phi) is 6.17. The summed E-state index contributed by atoms with van der Waals surface area (Å²) in [5, 5.41) is 18.5. The molecule has 2 rings (SSSR count). The van der Waals surface area contributed by atoms with Crippen LogP contribution < -0.4 is 10.9 Å². The lowest BCUT2D eigenvalue weighted by atomic mass is 9.91. The molecule has 2 amide bonds. The third kappa shape index (κ3) is 4.37. The van der Waals surface area contributed by atoms with Crippen molar-refractivity contribution in [1.29, 1.82) is 0 Å². The molecule has 0 aliphatic carbocycles. The third-order valence-corrected chi connectivity index (χ3v) is 4.68. The second-order valence-corrected chi connectivity index (χ2v) is 6.60. The molecule has 1 aliphatic rings. The molecule has 0 aromatic carbocycles. The van der Waals surface area contributed by atoms with Gasteiger partial charge in [-0.2, -0.15) is 5.10 Å². The molecular weight excluding hydrogens is 324 g/mol. The quantitative estimate of drug-likeness (QED) is 0.737. The number of hydrogen-bond donors (Lipinski definition) is 3. The highest BCUT2D eigenvalue weighted by molar-refractivity contribution is 5.76. The van der Waals surface area contributed by atoms with E-state index in [1.165, 1.54) is 4.90 Å². The summed E-state index contributed by atoms with van der Waals surface area (Å²) >= 11 is 0. The molecule has 25 heavy (non-hydrogen) atoms. The molecule has 8 nitrogen and oxygen atoms in total. The second-order valence-electron chi connectivity index (χ2n) is 6.60. The molecule has 0 spiro atoms. The van der Waals surface area contributed by atoms with Gasteiger partial charge in [-0.05, 0) is 30.7 Å². The number of nitrogens with zero attached hydrogens (tertiary/aromatic N) is 2. The van der Waals surface area contributed by atoms with Gasteiger partial charge in [0.05, 0.1) is 18.2 Å². The van der Waals surface area contributed by atoms with Crippen molar-refractivity contribution < 1.29 is 14.7 Å². The van der Waals surface area contributed by atoms with E-state index in [0.29, 0.717) is 31.4 Å². The summed E-state index contributed by atoms with van der Waals surface area (Å²) < 4.78 is 0. The molecular formula is C17H26N4O4. The van der Waals surface area contributed by atoms with Crippen LogP contribution in [0.25, 0.3) is 0 Å². The molecule has 1 aliphatic heterocycles. The molecule has 2 heterocycles. The molecule has 138 valence electrons. The Morgan fingerprint density at radius 2 is 2.00 bits per heavy atom. The number of piperidine rings is 1. The van der Waals surface area contributed by atoms with Gasteiger partial charge in [0.2, 0.25) is 0 Å². The van der Waals surface area contributed by atoms with E-state index in [4.69, 9.17) is 0 Å². The molecule has 1 aromatic rings. The van der Waals surface area contributed by atoms with Crippen molar-refractivity contribution in [3.05, 3.63) is 27.2 Å². The normalized spacial score (nSPS) is 20.4.